The Hall–Kier alpha value is 1.22. The van der Waals surface area contributed by atoms with Crippen LogP contribution in [0.4, 0.5) is 0 Å². The maximum absolute atomic E-state index is 8.14. The van der Waals surface area contributed by atoms with E-state index in [9.17, 15) is 0 Å². The van der Waals surface area contributed by atoms with E-state index in [-0.39, 0.29) is 37.7 Å². The monoisotopic (exact) mass is 114 g/mol. The van der Waals surface area contributed by atoms with Crippen LogP contribution in [0.2, 0.25) is 0 Å². The van der Waals surface area contributed by atoms with Gasteiger partial charge in [-0.2, -0.15) is 0 Å². The summed E-state index contributed by atoms with van der Waals surface area (Å²) >= 11 is 0. The van der Waals surface area contributed by atoms with E-state index in [4.69, 9.17) is 5.11 Å². The molecule has 0 aliphatic carbocycles. The molecule has 0 saturated heterocycles. The first-order valence-corrected chi connectivity index (χ1v) is 1.88. The summed E-state index contributed by atoms with van der Waals surface area (Å²) in [7, 11) is 0. The number of hydrogen-bond acceptors (Lipinski definition) is 1. The van der Waals surface area contributed by atoms with Gasteiger partial charge in [-0.15, -0.1) is 0 Å². The summed E-state index contributed by atoms with van der Waals surface area (Å²) in [5.41, 5.74) is 0. The maximum Gasteiger partial charge on any atom is 0.0453 e. The first kappa shape index (κ1) is 10.3. The second-order valence-corrected chi connectivity index (χ2v) is 1.58. The fourth-order valence-electron chi connectivity index (χ4n) is 0. The number of aliphatic hydroxyl groups excluding tert-OH is 1. The number of aliphatic hydroxyl groups is 1. The predicted octanol–water partition coefficient (Wildman–Crippen LogP) is 0.254. The molecule has 0 rings (SSSR count). The van der Waals surface area contributed by atoms with Gasteiger partial charge in [0, 0.05) is 44.3 Å². The molecule has 0 bridgehead atoms. The zero-order valence-electron chi connectivity index (χ0n) is 4.44. The third-order valence-electron chi connectivity index (χ3n) is 0.365. The fraction of sp³-hybridized carbons (Fsp3) is 1.00. The van der Waals surface area contributed by atoms with Crippen molar-refractivity contribution in [3.63, 3.8) is 0 Å². The van der Waals surface area contributed by atoms with E-state index in [1.165, 1.54) is 0 Å². The Morgan fingerprint density at radius 3 is 1.67 bits per heavy atom. The SMILES string of the molecule is CC(C)CO.[Ca]. The fourth-order valence-corrected chi connectivity index (χ4v) is 0. The van der Waals surface area contributed by atoms with Crippen LogP contribution in [0, 0.1) is 5.92 Å². The largest absolute Gasteiger partial charge is 0.396 e. The van der Waals surface area contributed by atoms with Crippen molar-refractivity contribution in [2.24, 2.45) is 5.92 Å². The Morgan fingerprint density at radius 2 is 1.67 bits per heavy atom. The molecule has 0 aromatic rings. The number of rotatable bonds is 1. The van der Waals surface area contributed by atoms with Gasteiger partial charge in [0.25, 0.3) is 0 Å². The minimum atomic E-state index is 0. The summed E-state index contributed by atoms with van der Waals surface area (Å²) in [6.45, 7) is 4.25. The van der Waals surface area contributed by atoms with Crippen molar-refractivity contribution in [3.05, 3.63) is 0 Å². The zero-order valence-corrected chi connectivity index (χ0v) is 6.65. The van der Waals surface area contributed by atoms with E-state index >= 15 is 0 Å². The van der Waals surface area contributed by atoms with E-state index in [0.717, 1.165) is 0 Å². The molecule has 34 valence electrons. The molecule has 0 amide bonds. The molecule has 0 heterocycles. The molecule has 0 fully saturated rings. The Morgan fingerprint density at radius 1 is 1.50 bits per heavy atom. The van der Waals surface area contributed by atoms with E-state index in [2.05, 4.69) is 0 Å². The Labute approximate surface area is 68.7 Å². The molecule has 0 saturated carbocycles. The van der Waals surface area contributed by atoms with Gasteiger partial charge in [0.15, 0.2) is 0 Å². The second-order valence-electron chi connectivity index (χ2n) is 1.58. The van der Waals surface area contributed by atoms with Gasteiger partial charge in [0.1, 0.15) is 0 Å². The summed E-state index contributed by atoms with van der Waals surface area (Å²) < 4.78 is 0. The van der Waals surface area contributed by atoms with Crippen LogP contribution < -0.4 is 0 Å². The normalized spacial score (nSPS) is 8.00. The molecule has 0 aromatic heterocycles. The first-order chi connectivity index (χ1) is 2.27. The topological polar surface area (TPSA) is 20.2 Å². The van der Waals surface area contributed by atoms with Crippen LogP contribution in [0.15, 0.2) is 0 Å². The second kappa shape index (κ2) is 6.22. The van der Waals surface area contributed by atoms with Gasteiger partial charge in [-0.25, -0.2) is 0 Å². The molecular formula is C4H10CaO. The van der Waals surface area contributed by atoms with Crippen LogP contribution in [0.1, 0.15) is 13.8 Å². The van der Waals surface area contributed by atoms with Crippen molar-refractivity contribution in [2.75, 3.05) is 6.61 Å². The Kier molecular flexibility index (Phi) is 10.6. The van der Waals surface area contributed by atoms with Gasteiger partial charge < -0.3 is 5.11 Å². The molecule has 0 spiro atoms. The summed E-state index contributed by atoms with van der Waals surface area (Å²) in [5, 5.41) is 8.14. The Bertz CT molecular complexity index is 21.5. The standard InChI is InChI=1S/C4H10O.Ca/c1-4(2)3-5;/h4-5H,3H2,1-2H3;. The molecule has 1 nitrogen and oxygen atoms in total. The van der Waals surface area contributed by atoms with Crippen LogP contribution in [0.3, 0.4) is 0 Å². The Balaban J connectivity index is 0. The van der Waals surface area contributed by atoms with Crippen molar-refractivity contribution in [3.8, 4) is 0 Å². The molecule has 0 aliphatic heterocycles. The smallest absolute Gasteiger partial charge is 0.0453 e. The van der Waals surface area contributed by atoms with E-state index in [0.29, 0.717) is 12.5 Å². The molecule has 1 N–H and O–H groups in total. The molecular weight excluding hydrogens is 104 g/mol. The van der Waals surface area contributed by atoms with Crippen molar-refractivity contribution in [1.29, 1.82) is 0 Å². The zero-order chi connectivity index (χ0) is 4.28. The summed E-state index contributed by atoms with van der Waals surface area (Å²) in [4.78, 5) is 0. The van der Waals surface area contributed by atoms with Crippen molar-refractivity contribution in [2.45, 2.75) is 13.8 Å². The quantitative estimate of drug-likeness (QED) is 0.485. The summed E-state index contributed by atoms with van der Waals surface area (Å²) in [5.74, 6) is 0.440. The van der Waals surface area contributed by atoms with Crippen molar-refractivity contribution in [1.82, 2.24) is 0 Å². The first-order valence-electron chi connectivity index (χ1n) is 1.88. The molecule has 0 aliphatic rings. The molecule has 0 unspecified atom stereocenters. The van der Waals surface area contributed by atoms with Gasteiger partial charge in [-0.05, 0) is 5.92 Å². The van der Waals surface area contributed by atoms with Crippen LogP contribution in [0.5, 0.6) is 0 Å². The third-order valence-corrected chi connectivity index (χ3v) is 0.365. The van der Waals surface area contributed by atoms with E-state index in [1.54, 1.807) is 0 Å². The minimum absolute atomic E-state index is 0. The molecule has 2 heteroatoms. The van der Waals surface area contributed by atoms with Gasteiger partial charge in [0.05, 0.1) is 0 Å². The van der Waals surface area contributed by atoms with Gasteiger partial charge in [-0.1, -0.05) is 13.8 Å². The molecule has 0 atom stereocenters. The van der Waals surface area contributed by atoms with E-state index in [1.807, 2.05) is 13.8 Å². The maximum atomic E-state index is 8.14. The van der Waals surface area contributed by atoms with Gasteiger partial charge in [-0.3, -0.25) is 0 Å². The van der Waals surface area contributed by atoms with Crippen LogP contribution in [-0.2, 0) is 0 Å². The predicted molar refractivity (Wildman–Crippen MR) is 27.7 cm³/mol. The van der Waals surface area contributed by atoms with Crippen molar-refractivity contribution >= 4 is 37.7 Å². The average Bonchev–Trinajstić information content (AvgIpc) is 1.38. The average molecular weight is 114 g/mol. The summed E-state index contributed by atoms with van der Waals surface area (Å²) in [6, 6.07) is 0. The number of hydrogen-bond donors (Lipinski definition) is 1. The summed E-state index contributed by atoms with van der Waals surface area (Å²) in [6.07, 6.45) is 0. The minimum Gasteiger partial charge on any atom is -0.396 e. The molecule has 2 radical (unpaired) electrons. The van der Waals surface area contributed by atoms with Crippen LogP contribution >= 0.6 is 0 Å². The van der Waals surface area contributed by atoms with Crippen molar-refractivity contribution < 1.29 is 5.11 Å². The third kappa shape index (κ3) is 8.97. The molecule has 0 aromatic carbocycles. The van der Waals surface area contributed by atoms with Crippen LogP contribution in [-0.4, -0.2) is 49.5 Å². The van der Waals surface area contributed by atoms with Gasteiger partial charge in [0.2, 0.25) is 0 Å². The van der Waals surface area contributed by atoms with E-state index < -0.39 is 0 Å². The molecule has 6 heavy (non-hydrogen) atoms. The van der Waals surface area contributed by atoms with Gasteiger partial charge >= 0.3 is 0 Å². The van der Waals surface area contributed by atoms with Crippen LogP contribution in [0.25, 0.3) is 0 Å².